The molecule has 1 aromatic heterocycles. The number of hydrogen-bond acceptors (Lipinski definition) is 4. The number of nitrogens with one attached hydrogen (secondary N) is 1. The minimum Gasteiger partial charge on any atom is -0.462 e. The number of carbonyl (C=O) groups excluding carboxylic acids is 2. The number of rotatable bonds is 5. The third kappa shape index (κ3) is 3.86. The predicted octanol–water partition coefficient (Wildman–Crippen LogP) is 3.91. The zero-order valence-corrected chi connectivity index (χ0v) is 14.8. The third-order valence-corrected chi connectivity index (χ3v) is 3.80. The number of aromatic amines is 1. The van der Waals surface area contributed by atoms with Crippen molar-refractivity contribution in [2.75, 3.05) is 6.61 Å². The van der Waals surface area contributed by atoms with Gasteiger partial charge in [0.1, 0.15) is 11.6 Å². The second kappa shape index (κ2) is 7.63. The average molecular weight is 336 g/mol. The Bertz CT molecular complexity index is 898. The van der Waals surface area contributed by atoms with Gasteiger partial charge in [-0.3, -0.25) is 4.79 Å². The van der Waals surface area contributed by atoms with E-state index >= 15 is 0 Å². The number of H-pyrrole nitrogens is 1. The molecular weight excluding hydrogens is 316 g/mol. The molecule has 2 aromatic rings. The Hall–Kier alpha value is -3.13. The molecule has 0 amide bonds. The van der Waals surface area contributed by atoms with E-state index in [1.165, 1.54) is 6.08 Å². The monoisotopic (exact) mass is 336 g/mol. The summed E-state index contributed by atoms with van der Waals surface area (Å²) in [7, 11) is 0. The summed E-state index contributed by atoms with van der Waals surface area (Å²) in [5, 5.41) is 9.45. The predicted molar refractivity (Wildman–Crippen MR) is 95.3 cm³/mol. The zero-order valence-electron chi connectivity index (χ0n) is 14.8. The number of aryl methyl sites for hydroxylation is 3. The number of nitrogens with zero attached hydrogens (tertiary/aromatic N) is 1. The summed E-state index contributed by atoms with van der Waals surface area (Å²) in [6.07, 6.45) is 1.53. The second-order valence-electron chi connectivity index (χ2n) is 5.76. The van der Waals surface area contributed by atoms with Crippen LogP contribution in [0.3, 0.4) is 0 Å². The molecule has 0 atom stereocenters. The smallest absolute Gasteiger partial charge is 0.340 e. The molecular formula is C20H20N2O3. The lowest BCUT2D eigenvalue weighted by Crippen LogP contribution is -2.13. The van der Waals surface area contributed by atoms with Crippen molar-refractivity contribution in [2.24, 2.45) is 0 Å². The Morgan fingerprint density at radius 3 is 2.48 bits per heavy atom. The maximum Gasteiger partial charge on any atom is 0.340 e. The van der Waals surface area contributed by atoms with Crippen LogP contribution in [0.25, 0.3) is 6.08 Å². The normalized spacial score (nSPS) is 11.1. The Morgan fingerprint density at radius 1 is 1.20 bits per heavy atom. The van der Waals surface area contributed by atoms with Crippen LogP contribution < -0.4 is 0 Å². The Balaban J connectivity index is 2.52. The highest BCUT2D eigenvalue weighted by Gasteiger charge is 2.27. The van der Waals surface area contributed by atoms with Crippen LogP contribution in [0.2, 0.25) is 0 Å². The Labute approximate surface area is 146 Å². The van der Waals surface area contributed by atoms with Crippen LogP contribution in [-0.4, -0.2) is 23.3 Å². The van der Waals surface area contributed by atoms with E-state index in [0.29, 0.717) is 11.4 Å². The summed E-state index contributed by atoms with van der Waals surface area (Å²) in [5.41, 5.74) is 3.22. The van der Waals surface area contributed by atoms with Gasteiger partial charge in [0.25, 0.3) is 0 Å². The SMILES string of the molecule is CCOC(=O)c1c(C)[nH]c(C)c1C(=O)/C(C#N)=C\c1cccc(C)c1. The molecule has 2 rings (SSSR count). The van der Waals surface area contributed by atoms with Crippen molar-refractivity contribution in [1.29, 1.82) is 5.26 Å². The van der Waals surface area contributed by atoms with E-state index in [0.717, 1.165) is 11.1 Å². The molecule has 128 valence electrons. The molecule has 5 heteroatoms. The van der Waals surface area contributed by atoms with Crippen molar-refractivity contribution in [3.63, 3.8) is 0 Å². The van der Waals surface area contributed by atoms with Crippen LogP contribution in [0.4, 0.5) is 0 Å². The first-order valence-electron chi connectivity index (χ1n) is 7.98. The number of esters is 1. The fraction of sp³-hybridized carbons (Fsp3) is 0.250. The van der Waals surface area contributed by atoms with Crippen molar-refractivity contribution in [1.82, 2.24) is 4.98 Å². The number of carbonyl (C=O) groups is 2. The topological polar surface area (TPSA) is 83.0 Å². The van der Waals surface area contributed by atoms with Crippen LogP contribution in [0.15, 0.2) is 29.8 Å². The molecule has 25 heavy (non-hydrogen) atoms. The molecule has 1 N–H and O–H groups in total. The summed E-state index contributed by atoms with van der Waals surface area (Å²) < 4.78 is 5.05. The maximum absolute atomic E-state index is 12.9. The summed E-state index contributed by atoms with van der Waals surface area (Å²) >= 11 is 0. The lowest BCUT2D eigenvalue weighted by Gasteiger charge is -2.05. The number of nitriles is 1. The minimum atomic E-state index is -0.569. The van der Waals surface area contributed by atoms with E-state index in [9.17, 15) is 14.9 Å². The Morgan fingerprint density at radius 2 is 1.88 bits per heavy atom. The number of allylic oxidation sites excluding steroid dienone is 1. The summed E-state index contributed by atoms with van der Waals surface area (Å²) in [5.74, 6) is -1.06. The molecule has 0 aliphatic heterocycles. The van der Waals surface area contributed by atoms with Crippen molar-refractivity contribution in [3.8, 4) is 6.07 Å². The van der Waals surface area contributed by atoms with Gasteiger partial charge < -0.3 is 9.72 Å². The minimum absolute atomic E-state index is 0.0294. The van der Waals surface area contributed by atoms with Crippen LogP contribution in [0, 0.1) is 32.1 Å². The first-order chi connectivity index (χ1) is 11.9. The molecule has 0 saturated carbocycles. The molecule has 0 radical (unpaired) electrons. The first-order valence-corrected chi connectivity index (χ1v) is 7.98. The molecule has 0 bridgehead atoms. The van der Waals surface area contributed by atoms with Gasteiger partial charge in [-0.1, -0.05) is 29.8 Å². The van der Waals surface area contributed by atoms with Gasteiger partial charge in [0.15, 0.2) is 0 Å². The van der Waals surface area contributed by atoms with E-state index in [-0.39, 0.29) is 23.3 Å². The van der Waals surface area contributed by atoms with Crippen LogP contribution in [-0.2, 0) is 4.74 Å². The summed E-state index contributed by atoms with van der Waals surface area (Å²) in [6, 6.07) is 9.44. The van der Waals surface area contributed by atoms with Gasteiger partial charge in [0.2, 0.25) is 5.78 Å². The van der Waals surface area contributed by atoms with E-state index < -0.39 is 11.8 Å². The van der Waals surface area contributed by atoms with Gasteiger partial charge >= 0.3 is 5.97 Å². The van der Waals surface area contributed by atoms with E-state index in [1.54, 1.807) is 20.8 Å². The molecule has 0 saturated heterocycles. The van der Waals surface area contributed by atoms with Crippen LogP contribution in [0.5, 0.6) is 0 Å². The fourth-order valence-corrected chi connectivity index (χ4v) is 2.73. The first kappa shape index (κ1) is 18.2. The molecule has 1 aromatic carbocycles. The maximum atomic E-state index is 12.9. The highest BCUT2D eigenvalue weighted by molar-refractivity contribution is 6.19. The molecule has 0 unspecified atom stereocenters. The summed E-state index contributed by atoms with van der Waals surface area (Å²) in [6.45, 7) is 7.24. The second-order valence-corrected chi connectivity index (χ2v) is 5.76. The largest absolute Gasteiger partial charge is 0.462 e. The number of Topliss-reactive ketones (excluding diaryl/α,β-unsaturated/α-hetero) is 1. The third-order valence-electron chi connectivity index (χ3n) is 3.80. The molecule has 0 fully saturated rings. The van der Waals surface area contributed by atoms with Crippen molar-refractivity contribution >= 4 is 17.8 Å². The lowest BCUT2D eigenvalue weighted by molar-refractivity contribution is 0.0523. The summed E-state index contributed by atoms with van der Waals surface area (Å²) in [4.78, 5) is 28.1. The number of aromatic nitrogens is 1. The van der Waals surface area contributed by atoms with Crippen LogP contribution in [0.1, 0.15) is 50.2 Å². The molecule has 1 heterocycles. The fourth-order valence-electron chi connectivity index (χ4n) is 2.73. The number of hydrogen-bond donors (Lipinski definition) is 1. The zero-order chi connectivity index (χ0) is 18.6. The lowest BCUT2D eigenvalue weighted by atomic mass is 9.97. The number of ether oxygens (including phenoxy) is 1. The van der Waals surface area contributed by atoms with Gasteiger partial charge in [0.05, 0.1) is 17.7 Å². The number of ketones is 1. The highest BCUT2D eigenvalue weighted by atomic mass is 16.5. The van der Waals surface area contributed by atoms with Crippen molar-refractivity contribution in [3.05, 3.63) is 63.5 Å². The van der Waals surface area contributed by atoms with Gasteiger partial charge in [-0.15, -0.1) is 0 Å². The molecule has 0 aliphatic carbocycles. The number of benzene rings is 1. The standard InChI is InChI=1S/C20H20N2O3/c1-5-25-20(24)18-14(4)22-13(3)17(18)19(23)16(11-21)10-15-8-6-7-12(2)9-15/h6-10,22H,5H2,1-4H3/b16-10-. The van der Waals surface area contributed by atoms with E-state index in [2.05, 4.69) is 4.98 Å². The molecule has 0 aliphatic rings. The van der Waals surface area contributed by atoms with Gasteiger partial charge in [-0.2, -0.15) is 5.26 Å². The highest BCUT2D eigenvalue weighted by Crippen LogP contribution is 2.23. The quantitative estimate of drug-likeness (QED) is 0.388. The van der Waals surface area contributed by atoms with Gasteiger partial charge in [-0.05, 0) is 39.3 Å². The Kier molecular flexibility index (Phi) is 5.56. The average Bonchev–Trinajstić information content (AvgIpc) is 2.86. The van der Waals surface area contributed by atoms with Crippen LogP contribution >= 0.6 is 0 Å². The molecule has 5 nitrogen and oxygen atoms in total. The van der Waals surface area contributed by atoms with Gasteiger partial charge in [0, 0.05) is 11.4 Å². The van der Waals surface area contributed by atoms with Crippen molar-refractivity contribution in [2.45, 2.75) is 27.7 Å². The van der Waals surface area contributed by atoms with E-state index in [4.69, 9.17) is 4.74 Å². The van der Waals surface area contributed by atoms with Gasteiger partial charge in [-0.25, -0.2) is 4.79 Å². The van der Waals surface area contributed by atoms with E-state index in [1.807, 2.05) is 37.3 Å². The molecule has 0 spiro atoms. The van der Waals surface area contributed by atoms with Crippen molar-refractivity contribution < 1.29 is 14.3 Å².